The van der Waals surface area contributed by atoms with Gasteiger partial charge >= 0.3 is 12.1 Å². The third kappa shape index (κ3) is 4.57. The van der Waals surface area contributed by atoms with E-state index in [-0.39, 0.29) is 0 Å². The Labute approximate surface area is 137 Å². The van der Waals surface area contributed by atoms with Crippen molar-refractivity contribution in [3.05, 3.63) is 23.5 Å². The third-order valence-corrected chi connectivity index (χ3v) is 1.48. The first-order chi connectivity index (χ1) is 16.1. The van der Waals surface area contributed by atoms with Gasteiger partial charge in [-0.15, -0.1) is 0 Å². The van der Waals surface area contributed by atoms with Crippen molar-refractivity contribution < 1.29 is 43.8 Å². The first-order valence-corrected chi connectivity index (χ1v) is 4.37. The number of nitrogens with zero attached hydrogens (tertiary/aromatic N) is 1. The number of aryl methyl sites for hydroxylation is 1. The Bertz CT molecular complexity index is 1010. The first-order valence-electron chi connectivity index (χ1n) is 13.3. The zero-order valence-corrected chi connectivity index (χ0v) is 9.03. The van der Waals surface area contributed by atoms with Crippen LogP contribution in [0.2, 0.25) is 1.41 Å². The summed E-state index contributed by atoms with van der Waals surface area (Å²) in [6, 6.07) is -2.74. The Morgan fingerprint density at radius 3 is 2.89 bits per heavy atom. The number of carbonyl (C=O) groups is 2. The summed E-state index contributed by atoms with van der Waals surface area (Å²) in [6.07, 6.45) is -2.43. The molecule has 0 aliphatic carbocycles. The molecule has 0 aromatic carbocycles. The highest BCUT2D eigenvalue weighted by molar-refractivity contribution is 5.98. The number of nitrogens with one attached hydrogen (secondary N) is 1. The number of rotatable bonds is 2. The minimum atomic E-state index is -4.25. The van der Waals surface area contributed by atoms with Crippen LogP contribution in [0.4, 0.5) is 10.5 Å². The van der Waals surface area contributed by atoms with E-state index >= 15 is 0 Å². The predicted octanol–water partition coefficient (Wildman–Crippen LogP) is 2.52. The summed E-state index contributed by atoms with van der Waals surface area (Å²) < 4.78 is 142. The van der Waals surface area contributed by atoms with Crippen molar-refractivity contribution in [2.45, 2.75) is 33.0 Å². The zero-order chi connectivity index (χ0) is 29.7. The van der Waals surface area contributed by atoms with Gasteiger partial charge in [0, 0.05) is 22.1 Å². The quantitative estimate of drug-likeness (QED) is 0.844. The minimum Gasteiger partial charge on any atom is -0.464 e. The van der Waals surface area contributed by atoms with E-state index in [0.29, 0.717) is 0 Å². The highest BCUT2D eigenvalue weighted by atomic mass is 16.6. The topological polar surface area (TPSA) is 77.5 Å². The molecular weight excluding hydrogens is 248 g/mol. The van der Waals surface area contributed by atoms with Gasteiger partial charge in [-0.2, -0.15) is 0 Å². The largest absolute Gasteiger partial charge is 0.464 e. The maximum absolute atomic E-state index is 12.7. The van der Waals surface area contributed by atoms with Crippen LogP contribution >= 0.6 is 0 Å². The number of pyridine rings is 1. The van der Waals surface area contributed by atoms with E-state index in [1.54, 1.807) is 0 Å². The molecule has 0 bridgehead atoms. The van der Waals surface area contributed by atoms with Crippen molar-refractivity contribution in [1.82, 2.24) is 4.98 Å². The van der Waals surface area contributed by atoms with Crippen molar-refractivity contribution in [1.29, 1.82) is 0 Å². The number of hydrogen-bond donors (Lipinski definition) is 1. The minimum absolute atomic E-state index is 0.745. The van der Waals surface area contributed by atoms with E-state index in [1.807, 2.05) is 0 Å². The molecule has 0 unspecified atom stereocenters. The molecule has 6 heteroatoms. The van der Waals surface area contributed by atoms with Gasteiger partial charge in [-0.05, 0) is 39.5 Å². The number of esters is 1. The second kappa shape index (κ2) is 5.69. The molecule has 0 radical (unpaired) electrons. The molecule has 6 nitrogen and oxygen atoms in total. The summed E-state index contributed by atoms with van der Waals surface area (Å²) >= 11 is 0. The molecule has 19 heavy (non-hydrogen) atoms. The van der Waals surface area contributed by atoms with Crippen molar-refractivity contribution in [3.63, 3.8) is 0 Å². The van der Waals surface area contributed by atoms with Gasteiger partial charge in [0.05, 0.1) is 19.6 Å². The molecule has 0 aliphatic rings. The summed E-state index contributed by atoms with van der Waals surface area (Å²) in [5.41, 5.74) is -8.52. The smallest absolute Gasteiger partial charge is 0.412 e. The number of aromatic nitrogens is 1. The molecule has 1 aromatic heterocycles. The van der Waals surface area contributed by atoms with Crippen molar-refractivity contribution in [3.8, 4) is 0 Å². The van der Waals surface area contributed by atoms with Crippen LogP contribution < -0.4 is 5.31 Å². The van der Waals surface area contributed by atoms with Gasteiger partial charge in [0.2, 0.25) is 0 Å². The van der Waals surface area contributed by atoms with Crippen LogP contribution in [0, 0.1) is 6.85 Å². The monoisotopic (exact) mass is 284 g/mol. The molecule has 0 saturated heterocycles. The van der Waals surface area contributed by atoms with E-state index in [4.69, 9.17) is 24.7 Å². The molecule has 1 rings (SSSR count). The standard InChI is InChI=1S/C13H18N2O4/c1-8-6-7-9(10(14-8)11(16)18-5)15-12(17)19-13(2,3)4/h6-7H,1-5H3,(H,15,17)/i1D3,2D3,3D3,4D3,5D3,6D,7D/hD. The highest BCUT2D eigenvalue weighted by Gasteiger charge is 2.20. The molecule has 1 aromatic rings. The van der Waals surface area contributed by atoms with Crippen molar-refractivity contribution in [2.24, 2.45) is 0 Å². The number of anilines is 1. The molecule has 1 heterocycles. The van der Waals surface area contributed by atoms with Gasteiger partial charge in [0.1, 0.15) is 5.60 Å². The fourth-order valence-electron chi connectivity index (χ4n) is 0.887. The van der Waals surface area contributed by atoms with Gasteiger partial charge in [-0.1, -0.05) is 0 Å². The van der Waals surface area contributed by atoms with Crippen molar-refractivity contribution in [2.75, 3.05) is 12.3 Å². The first kappa shape index (κ1) is 3.50. The lowest BCUT2D eigenvalue weighted by molar-refractivity contribution is 0.0595. The normalized spacial score (nSPS) is 28.0. The van der Waals surface area contributed by atoms with Crippen LogP contribution in [-0.2, 0) is 9.47 Å². The second-order valence-corrected chi connectivity index (χ2v) is 2.96. The lowest BCUT2D eigenvalue weighted by Gasteiger charge is -2.20. The van der Waals surface area contributed by atoms with Crippen LogP contribution in [0.15, 0.2) is 12.1 Å². The Hall–Kier alpha value is -2.11. The Balaban J connectivity index is 3.91. The molecule has 1 N–H and O–H groups in total. The maximum Gasteiger partial charge on any atom is 0.412 e. The molecule has 0 spiro atoms. The SMILES string of the molecule is [2H]c1c(C([2H])([2H])[2H])nc(C(=O)OC([2H])([2H])[2H])c(N([2H])C(=O)OC(C([2H])([2H])[2H])(C([2H])([2H])[2H])C([2H])([2H])[2H])c1[2H]. The fourth-order valence-corrected chi connectivity index (χ4v) is 0.887. The molecule has 0 fully saturated rings. The van der Waals surface area contributed by atoms with Gasteiger partial charge in [-0.25, -0.2) is 14.6 Å². The number of amides is 1. The van der Waals surface area contributed by atoms with E-state index in [9.17, 15) is 9.59 Å². The maximum atomic E-state index is 12.7. The van der Waals surface area contributed by atoms with E-state index < -0.39 is 86.6 Å². The summed E-state index contributed by atoms with van der Waals surface area (Å²) in [5, 5.41) is -0.745. The lowest BCUT2D eigenvalue weighted by Crippen LogP contribution is -2.28. The molecule has 0 saturated carbocycles. The summed E-state index contributed by atoms with van der Waals surface area (Å²) in [5.74, 6) is -2.03. The molecule has 0 atom stereocenters. The number of carbonyl (C=O) groups excluding carboxylic acids is 2. The van der Waals surface area contributed by atoms with Crippen LogP contribution in [0.3, 0.4) is 0 Å². The van der Waals surface area contributed by atoms with Crippen LogP contribution in [0.25, 0.3) is 0 Å². The highest BCUT2D eigenvalue weighted by Crippen LogP contribution is 2.17. The zero-order valence-electron chi connectivity index (χ0n) is 27.0. The molecule has 0 aliphatic heterocycles. The number of ether oxygens (including phenoxy) is 2. The van der Waals surface area contributed by atoms with Crippen LogP contribution in [0.1, 0.15) is 60.0 Å². The summed E-state index contributed by atoms with van der Waals surface area (Å²) in [7, 11) is -3.50. The summed E-state index contributed by atoms with van der Waals surface area (Å²) in [4.78, 5) is 28.4. The molecule has 1 amide bonds. The average Bonchev–Trinajstić information content (AvgIpc) is 2.61. The lowest BCUT2D eigenvalue weighted by atomic mass is 10.2. The van der Waals surface area contributed by atoms with E-state index in [1.165, 1.54) is 0 Å². The van der Waals surface area contributed by atoms with E-state index in [0.717, 1.165) is 0 Å². The van der Waals surface area contributed by atoms with Gasteiger partial charge in [-0.3, -0.25) is 5.31 Å². The number of hydrogen-bond acceptors (Lipinski definition) is 5. The van der Waals surface area contributed by atoms with Gasteiger partial charge in [0.15, 0.2) is 7.11 Å². The van der Waals surface area contributed by atoms with Crippen molar-refractivity contribution >= 4 is 17.7 Å². The van der Waals surface area contributed by atoms with Crippen LogP contribution in [-0.4, -0.2) is 29.7 Å². The second-order valence-electron chi connectivity index (χ2n) is 2.96. The Kier molecular flexibility index (Phi) is 1.05. The molecular formula is C13H18N2O4. The molecule has 104 valence electrons. The van der Waals surface area contributed by atoms with Gasteiger partial charge < -0.3 is 9.47 Å². The Morgan fingerprint density at radius 2 is 2.26 bits per heavy atom. The summed E-state index contributed by atoms with van der Waals surface area (Å²) in [6.45, 7) is -15.5. The fraction of sp³-hybridized carbons (Fsp3) is 0.462. The predicted molar refractivity (Wildman–Crippen MR) is 70.2 cm³/mol. The van der Waals surface area contributed by atoms with E-state index in [2.05, 4.69) is 14.5 Å². The third-order valence-electron chi connectivity index (χ3n) is 1.48. The van der Waals surface area contributed by atoms with Crippen LogP contribution in [0.5, 0.6) is 0 Å². The number of methoxy groups -OCH3 is 1. The van der Waals surface area contributed by atoms with Gasteiger partial charge in [0.25, 0.3) is 0 Å². The average molecular weight is 284 g/mol. The Morgan fingerprint density at radius 1 is 1.47 bits per heavy atom.